The molecule has 31 heavy (non-hydrogen) atoms. The van der Waals surface area contributed by atoms with Gasteiger partial charge in [-0.05, 0) is 48.5 Å². The normalized spacial score (nSPS) is 14.9. The highest BCUT2D eigenvalue weighted by Crippen LogP contribution is 2.37. The second-order valence-electron chi connectivity index (χ2n) is 7.03. The second kappa shape index (κ2) is 9.10. The van der Waals surface area contributed by atoms with Crippen molar-refractivity contribution >= 4 is 34.7 Å². The molecule has 0 bridgehead atoms. The molecule has 0 radical (unpaired) electrons. The maximum Gasteiger partial charge on any atom is 0.298 e. The molecule has 1 aliphatic rings. The number of nitrogens with zero attached hydrogens (tertiary/aromatic N) is 1. The van der Waals surface area contributed by atoms with Crippen LogP contribution in [-0.4, -0.2) is 18.3 Å². The Kier molecular flexibility index (Phi) is 6.09. The number of carbonyl (C=O) groups is 2. The maximum atomic E-state index is 13.0. The number of rotatable bonds is 6. The Labute approximate surface area is 185 Å². The minimum absolute atomic E-state index is 0.345. The van der Waals surface area contributed by atoms with Gasteiger partial charge >= 0.3 is 0 Å². The fourth-order valence-electron chi connectivity index (χ4n) is 3.16. The molecule has 0 atom stereocenters. The van der Waals surface area contributed by atoms with Gasteiger partial charge in [0, 0.05) is 11.6 Å². The molecule has 5 nitrogen and oxygen atoms in total. The summed E-state index contributed by atoms with van der Waals surface area (Å²) in [6, 6.07) is 22.5. The Hall–Kier alpha value is -3.51. The number of benzene rings is 3. The molecule has 0 N–H and O–H groups in total. The zero-order chi connectivity index (χ0) is 21.8. The lowest BCUT2D eigenvalue weighted by Crippen LogP contribution is -2.27. The number of para-hydroxylation sites is 1. The molecule has 0 spiro atoms. The summed E-state index contributed by atoms with van der Waals surface area (Å²) in [5.74, 6) is 0.864. The lowest BCUT2D eigenvalue weighted by molar-refractivity contribution is -0.113. The molecule has 3 aromatic rings. The molecule has 1 saturated heterocycles. The third kappa shape index (κ3) is 4.64. The Balaban J connectivity index is 1.56. The summed E-state index contributed by atoms with van der Waals surface area (Å²) < 4.78 is 11.2. The number of aryl methyl sites for hydroxylation is 1. The van der Waals surface area contributed by atoms with E-state index in [-0.39, 0.29) is 11.1 Å². The van der Waals surface area contributed by atoms with Crippen molar-refractivity contribution in [3.63, 3.8) is 0 Å². The van der Waals surface area contributed by atoms with Crippen LogP contribution in [0.15, 0.2) is 77.7 Å². The first-order valence-corrected chi connectivity index (χ1v) is 10.6. The molecule has 1 heterocycles. The lowest BCUT2D eigenvalue weighted by Gasteiger charge is -2.13. The van der Waals surface area contributed by atoms with E-state index in [4.69, 9.17) is 9.47 Å². The number of carbonyl (C=O) groups excluding carboxylic acids is 2. The van der Waals surface area contributed by atoms with Gasteiger partial charge in [0.2, 0.25) is 0 Å². The predicted octanol–water partition coefficient (Wildman–Crippen LogP) is 5.82. The first-order valence-electron chi connectivity index (χ1n) is 9.74. The standard InChI is InChI=1S/C25H21NO4S/c1-17-10-12-18(13-11-17)16-30-22-9-4-3-6-19(22)14-23-24(27)26(25(28)31-23)20-7-5-8-21(15-20)29-2/h3-15H,16H2,1-2H3/b23-14-. The van der Waals surface area contributed by atoms with E-state index >= 15 is 0 Å². The van der Waals surface area contributed by atoms with Crippen LogP contribution in [0.4, 0.5) is 10.5 Å². The Morgan fingerprint density at radius 3 is 2.52 bits per heavy atom. The molecule has 1 fully saturated rings. The molecule has 0 aromatic heterocycles. The summed E-state index contributed by atoms with van der Waals surface area (Å²) in [4.78, 5) is 27.0. The van der Waals surface area contributed by atoms with Gasteiger partial charge in [-0.3, -0.25) is 9.59 Å². The molecule has 4 rings (SSSR count). The van der Waals surface area contributed by atoms with Crippen molar-refractivity contribution in [3.8, 4) is 11.5 Å². The number of hydrogen-bond acceptors (Lipinski definition) is 5. The van der Waals surface area contributed by atoms with E-state index in [2.05, 4.69) is 0 Å². The number of amides is 2. The van der Waals surface area contributed by atoms with Gasteiger partial charge in [0.15, 0.2) is 0 Å². The van der Waals surface area contributed by atoms with E-state index in [1.54, 1.807) is 37.5 Å². The largest absolute Gasteiger partial charge is 0.497 e. The summed E-state index contributed by atoms with van der Waals surface area (Å²) in [5.41, 5.74) is 3.47. The summed E-state index contributed by atoms with van der Waals surface area (Å²) >= 11 is 0.912. The molecule has 2 amide bonds. The van der Waals surface area contributed by atoms with Crippen LogP contribution in [0.5, 0.6) is 11.5 Å². The first kappa shape index (κ1) is 20.8. The SMILES string of the molecule is COc1cccc(N2C(=O)S/C(=C\c3ccccc3OCc3ccc(C)cc3)C2=O)c1. The third-order valence-electron chi connectivity index (χ3n) is 4.83. The van der Waals surface area contributed by atoms with Crippen LogP contribution in [0.25, 0.3) is 6.08 Å². The van der Waals surface area contributed by atoms with Crippen molar-refractivity contribution in [2.75, 3.05) is 12.0 Å². The van der Waals surface area contributed by atoms with Crippen molar-refractivity contribution in [1.82, 2.24) is 0 Å². The molecule has 0 aliphatic carbocycles. The van der Waals surface area contributed by atoms with Crippen molar-refractivity contribution in [3.05, 3.63) is 94.4 Å². The van der Waals surface area contributed by atoms with Crippen LogP contribution in [-0.2, 0) is 11.4 Å². The smallest absolute Gasteiger partial charge is 0.298 e. The summed E-state index contributed by atoms with van der Waals surface area (Å²) in [6.07, 6.45) is 1.70. The molecule has 3 aromatic carbocycles. The fourth-order valence-corrected chi connectivity index (χ4v) is 3.99. The number of ether oxygens (including phenoxy) is 2. The zero-order valence-corrected chi connectivity index (χ0v) is 18.0. The number of imide groups is 1. The predicted molar refractivity (Wildman–Crippen MR) is 123 cm³/mol. The van der Waals surface area contributed by atoms with Crippen LogP contribution >= 0.6 is 11.8 Å². The minimum Gasteiger partial charge on any atom is -0.497 e. The van der Waals surface area contributed by atoms with Crippen molar-refractivity contribution in [2.45, 2.75) is 13.5 Å². The second-order valence-corrected chi connectivity index (χ2v) is 8.02. The van der Waals surface area contributed by atoms with Crippen LogP contribution < -0.4 is 14.4 Å². The van der Waals surface area contributed by atoms with Crippen molar-refractivity contribution in [1.29, 1.82) is 0 Å². The van der Waals surface area contributed by atoms with Crippen LogP contribution in [0.3, 0.4) is 0 Å². The monoisotopic (exact) mass is 431 g/mol. The van der Waals surface area contributed by atoms with Gasteiger partial charge in [0.1, 0.15) is 18.1 Å². The number of anilines is 1. The van der Waals surface area contributed by atoms with E-state index in [9.17, 15) is 9.59 Å². The van der Waals surface area contributed by atoms with Gasteiger partial charge in [-0.25, -0.2) is 4.90 Å². The minimum atomic E-state index is -0.364. The van der Waals surface area contributed by atoms with Crippen molar-refractivity contribution < 1.29 is 19.1 Å². The van der Waals surface area contributed by atoms with Gasteiger partial charge in [0.25, 0.3) is 11.1 Å². The molecular formula is C25H21NO4S. The summed E-state index contributed by atoms with van der Waals surface area (Å²) in [5, 5.41) is -0.345. The topological polar surface area (TPSA) is 55.8 Å². The van der Waals surface area contributed by atoms with E-state index in [1.165, 1.54) is 5.56 Å². The zero-order valence-electron chi connectivity index (χ0n) is 17.2. The first-order chi connectivity index (χ1) is 15.0. The molecule has 6 heteroatoms. The Bertz CT molecular complexity index is 1150. The summed E-state index contributed by atoms with van der Waals surface area (Å²) in [7, 11) is 1.54. The van der Waals surface area contributed by atoms with Crippen LogP contribution in [0.1, 0.15) is 16.7 Å². The third-order valence-corrected chi connectivity index (χ3v) is 5.70. The summed E-state index contributed by atoms with van der Waals surface area (Å²) in [6.45, 7) is 2.45. The Morgan fingerprint density at radius 2 is 1.74 bits per heavy atom. The Morgan fingerprint density at radius 1 is 0.968 bits per heavy atom. The lowest BCUT2D eigenvalue weighted by atomic mass is 10.1. The fraction of sp³-hybridized carbons (Fsp3) is 0.120. The average Bonchev–Trinajstić information content (AvgIpc) is 3.07. The van der Waals surface area contributed by atoms with E-state index < -0.39 is 0 Å². The van der Waals surface area contributed by atoms with Gasteiger partial charge in [-0.2, -0.15) is 0 Å². The molecule has 0 unspecified atom stereocenters. The van der Waals surface area contributed by atoms with E-state index in [1.807, 2.05) is 55.5 Å². The average molecular weight is 432 g/mol. The molecule has 0 saturated carbocycles. The quantitative estimate of drug-likeness (QED) is 0.460. The maximum absolute atomic E-state index is 13.0. The van der Waals surface area contributed by atoms with Gasteiger partial charge in [-0.1, -0.05) is 54.1 Å². The van der Waals surface area contributed by atoms with Gasteiger partial charge in [-0.15, -0.1) is 0 Å². The number of methoxy groups -OCH3 is 1. The highest BCUT2D eigenvalue weighted by Gasteiger charge is 2.36. The van der Waals surface area contributed by atoms with E-state index in [0.717, 1.165) is 27.8 Å². The van der Waals surface area contributed by atoms with Gasteiger partial charge < -0.3 is 9.47 Å². The van der Waals surface area contributed by atoms with Crippen LogP contribution in [0, 0.1) is 6.92 Å². The molecule has 1 aliphatic heterocycles. The van der Waals surface area contributed by atoms with E-state index in [0.29, 0.717) is 28.7 Å². The highest BCUT2D eigenvalue weighted by atomic mass is 32.2. The van der Waals surface area contributed by atoms with Gasteiger partial charge in [0.05, 0.1) is 17.7 Å². The number of thioether (sulfide) groups is 1. The highest BCUT2D eigenvalue weighted by molar-refractivity contribution is 8.19. The van der Waals surface area contributed by atoms with Crippen molar-refractivity contribution in [2.24, 2.45) is 0 Å². The molecule has 156 valence electrons. The number of hydrogen-bond donors (Lipinski definition) is 0. The van der Waals surface area contributed by atoms with Crippen LogP contribution in [0.2, 0.25) is 0 Å². The molecular weight excluding hydrogens is 410 g/mol.